The number of anilines is 1. The summed E-state index contributed by atoms with van der Waals surface area (Å²) in [4.78, 5) is 30.0. The lowest BCUT2D eigenvalue weighted by Gasteiger charge is -2.10. The van der Waals surface area contributed by atoms with E-state index in [1.165, 1.54) is 23.1 Å². The van der Waals surface area contributed by atoms with Crippen molar-refractivity contribution in [1.29, 1.82) is 0 Å². The van der Waals surface area contributed by atoms with Gasteiger partial charge in [0.05, 0.1) is 16.8 Å². The lowest BCUT2D eigenvalue weighted by atomic mass is 10.3. The molecule has 1 N–H and O–H groups in total. The normalized spacial score (nSPS) is 10.8. The number of thioether (sulfide) groups is 1. The molecule has 1 amide bonds. The number of halogens is 1. The molecule has 0 bridgehead atoms. The number of rotatable bonds is 6. The number of aromatic nitrogens is 2. The molecular formula is C17H14IN3O2S2. The standard InChI is InChI=1S/C17H14IN3O2S2/c1-2-8-21-16(23)11-7-9-24-15(11)20-17(21)25-10-14(22)19-13-6-4-3-5-12(13)18/h2-7,9H,1,8,10H2,(H,19,22). The third kappa shape index (κ3) is 4.13. The van der Waals surface area contributed by atoms with Gasteiger partial charge in [-0.3, -0.25) is 14.2 Å². The van der Waals surface area contributed by atoms with Crippen LogP contribution in [0.25, 0.3) is 10.2 Å². The van der Waals surface area contributed by atoms with Crippen molar-refractivity contribution >= 4 is 67.5 Å². The van der Waals surface area contributed by atoms with Crippen LogP contribution in [0.2, 0.25) is 0 Å². The number of amides is 1. The average Bonchev–Trinajstić information content (AvgIpc) is 3.07. The number of carbonyl (C=O) groups excluding carboxylic acids is 1. The summed E-state index contributed by atoms with van der Waals surface area (Å²) in [6.45, 7) is 4.05. The maximum absolute atomic E-state index is 12.5. The molecule has 1 aromatic carbocycles. The van der Waals surface area contributed by atoms with Crippen LogP contribution < -0.4 is 10.9 Å². The lowest BCUT2D eigenvalue weighted by molar-refractivity contribution is -0.113. The van der Waals surface area contributed by atoms with Crippen LogP contribution in [-0.2, 0) is 11.3 Å². The van der Waals surface area contributed by atoms with Crippen molar-refractivity contribution in [3.8, 4) is 0 Å². The molecule has 0 saturated carbocycles. The average molecular weight is 483 g/mol. The largest absolute Gasteiger partial charge is 0.324 e. The number of nitrogens with zero attached hydrogens (tertiary/aromatic N) is 2. The van der Waals surface area contributed by atoms with Gasteiger partial charge in [0, 0.05) is 10.1 Å². The smallest absolute Gasteiger partial charge is 0.263 e. The van der Waals surface area contributed by atoms with Gasteiger partial charge in [0.15, 0.2) is 5.16 Å². The van der Waals surface area contributed by atoms with Gasteiger partial charge in [-0.1, -0.05) is 30.0 Å². The SMILES string of the molecule is C=CCn1c(SCC(=O)Nc2ccccc2I)nc2sccc2c1=O. The van der Waals surface area contributed by atoms with Crippen LogP contribution in [0.5, 0.6) is 0 Å². The third-order valence-electron chi connectivity index (χ3n) is 3.34. The quantitative estimate of drug-likeness (QED) is 0.250. The molecule has 0 aliphatic rings. The van der Waals surface area contributed by atoms with Gasteiger partial charge in [-0.05, 0) is 46.2 Å². The topological polar surface area (TPSA) is 64.0 Å². The van der Waals surface area contributed by atoms with E-state index in [1.54, 1.807) is 16.7 Å². The molecule has 5 nitrogen and oxygen atoms in total. The fourth-order valence-electron chi connectivity index (χ4n) is 2.21. The molecule has 8 heteroatoms. The van der Waals surface area contributed by atoms with Crippen LogP contribution in [0.3, 0.4) is 0 Å². The zero-order valence-electron chi connectivity index (χ0n) is 13.1. The number of allylic oxidation sites excluding steroid dienone is 1. The Hall–Kier alpha value is -1.65. The van der Waals surface area contributed by atoms with Crippen LogP contribution in [0, 0.1) is 3.57 Å². The van der Waals surface area contributed by atoms with Gasteiger partial charge in [-0.2, -0.15) is 0 Å². The van der Waals surface area contributed by atoms with Crippen molar-refractivity contribution in [2.24, 2.45) is 0 Å². The molecule has 3 aromatic rings. The number of fused-ring (bicyclic) bond motifs is 1. The Morgan fingerprint density at radius 3 is 2.96 bits per heavy atom. The second kappa shape index (κ2) is 8.15. The van der Waals surface area contributed by atoms with Gasteiger partial charge in [0.2, 0.25) is 5.91 Å². The molecule has 0 radical (unpaired) electrons. The van der Waals surface area contributed by atoms with E-state index in [0.717, 1.165) is 9.26 Å². The maximum Gasteiger partial charge on any atom is 0.263 e. The number of hydrogen-bond acceptors (Lipinski definition) is 5. The van der Waals surface area contributed by atoms with E-state index in [0.29, 0.717) is 21.9 Å². The van der Waals surface area contributed by atoms with E-state index < -0.39 is 0 Å². The number of hydrogen-bond donors (Lipinski definition) is 1. The van der Waals surface area contributed by atoms with Gasteiger partial charge < -0.3 is 5.32 Å². The second-order valence-electron chi connectivity index (χ2n) is 5.05. The Morgan fingerprint density at radius 1 is 1.40 bits per heavy atom. The highest BCUT2D eigenvalue weighted by molar-refractivity contribution is 14.1. The molecule has 0 spiro atoms. The summed E-state index contributed by atoms with van der Waals surface area (Å²) in [7, 11) is 0. The summed E-state index contributed by atoms with van der Waals surface area (Å²) in [6.07, 6.45) is 1.65. The van der Waals surface area contributed by atoms with Gasteiger partial charge in [-0.25, -0.2) is 4.98 Å². The fraction of sp³-hybridized carbons (Fsp3) is 0.118. The predicted molar refractivity (Wildman–Crippen MR) is 113 cm³/mol. The van der Waals surface area contributed by atoms with Gasteiger partial charge >= 0.3 is 0 Å². The Balaban J connectivity index is 1.79. The molecule has 25 heavy (non-hydrogen) atoms. The van der Waals surface area contributed by atoms with Crippen molar-refractivity contribution in [1.82, 2.24) is 9.55 Å². The molecule has 0 atom stereocenters. The number of nitrogens with one attached hydrogen (secondary N) is 1. The highest BCUT2D eigenvalue weighted by atomic mass is 127. The molecule has 0 aliphatic carbocycles. The Morgan fingerprint density at radius 2 is 2.20 bits per heavy atom. The monoisotopic (exact) mass is 483 g/mol. The molecule has 0 unspecified atom stereocenters. The van der Waals surface area contributed by atoms with Gasteiger partial charge in [-0.15, -0.1) is 17.9 Å². The van der Waals surface area contributed by atoms with Gasteiger partial charge in [0.25, 0.3) is 5.56 Å². The molecule has 0 aliphatic heterocycles. The van der Waals surface area contributed by atoms with Crippen LogP contribution >= 0.6 is 45.7 Å². The molecule has 3 rings (SSSR count). The minimum absolute atomic E-state index is 0.105. The summed E-state index contributed by atoms with van der Waals surface area (Å²) in [6, 6.07) is 9.35. The molecule has 0 fully saturated rings. The van der Waals surface area contributed by atoms with E-state index in [2.05, 4.69) is 39.5 Å². The molecule has 2 aromatic heterocycles. The highest BCUT2D eigenvalue weighted by Gasteiger charge is 2.13. The van der Waals surface area contributed by atoms with Crippen LogP contribution in [0.15, 0.2) is 58.3 Å². The van der Waals surface area contributed by atoms with E-state index in [4.69, 9.17) is 0 Å². The Kier molecular flexibility index (Phi) is 5.92. The van der Waals surface area contributed by atoms with Crippen molar-refractivity contribution in [3.63, 3.8) is 0 Å². The first-order valence-electron chi connectivity index (χ1n) is 7.36. The number of thiophene rings is 1. The second-order valence-corrected chi connectivity index (χ2v) is 8.05. The fourth-order valence-corrected chi connectivity index (χ4v) is 4.35. The van der Waals surface area contributed by atoms with Crippen molar-refractivity contribution in [3.05, 3.63) is 62.3 Å². The van der Waals surface area contributed by atoms with E-state index >= 15 is 0 Å². The van der Waals surface area contributed by atoms with Gasteiger partial charge in [0.1, 0.15) is 4.83 Å². The summed E-state index contributed by atoms with van der Waals surface area (Å²) in [5.41, 5.74) is 0.672. The first kappa shape index (κ1) is 18.2. The number of para-hydroxylation sites is 1. The van der Waals surface area contributed by atoms with Crippen LogP contribution in [-0.4, -0.2) is 21.2 Å². The summed E-state index contributed by atoms with van der Waals surface area (Å²) < 4.78 is 2.52. The van der Waals surface area contributed by atoms with Crippen LogP contribution in [0.4, 0.5) is 5.69 Å². The highest BCUT2D eigenvalue weighted by Crippen LogP contribution is 2.22. The first-order chi connectivity index (χ1) is 12.1. The zero-order chi connectivity index (χ0) is 17.8. The summed E-state index contributed by atoms with van der Waals surface area (Å²) in [5, 5.41) is 5.84. The van der Waals surface area contributed by atoms with Crippen molar-refractivity contribution in [2.75, 3.05) is 11.1 Å². The summed E-state index contributed by atoms with van der Waals surface area (Å²) in [5.74, 6) is 0.0330. The van der Waals surface area contributed by atoms with E-state index in [-0.39, 0.29) is 17.2 Å². The zero-order valence-corrected chi connectivity index (χ0v) is 16.9. The van der Waals surface area contributed by atoms with Crippen molar-refractivity contribution in [2.45, 2.75) is 11.7 Å². The predicted octanol–water partition coefficient (Wildman–Crippen LogP) is 3.98. The van der Waals surface area contributed by atoms with Crippen LogP contribution in [0.1, 0.15) is 0 Å². The van der Waals surface area contributed by atoms with E-state index in [1.807, 2.05) is 29.6 Å². The minimum atomic E-state index is -0.139. The number of carbonyl (C=O) groups is 1. The lowest BCUT2D eigenvalue weighted by Crippen LogP contribution is -2.23. The molecule has 0 saturated heterocycles. The van der Waals surface area contributed by atoms with Crippen molar-refractivity contribution < 1.29 is 4.79 Å². The van der Waals surface area contributed by atoms with E-state index in [9.17, 15) is 9.59 Å². The molecule has 128 valence electrons. The minimum Gasteiger partial charge on any atom is -0.324 e. The Bertz CT molecular complexity index is 997. The summed E-state index contributed by atoms with van der Waals surface area (Å²) >= 11 is 4.84. The molecular weight excluding hydrogens is 469 g/mol. The number of benzene rings is 1. The molecule has 2 heterocycles. The maximum atomic E-state index is 12.5. The Labute approximate surface area is 166 Å². The first-order valence-corrected chi connectivity index (χ1v) is 10.3. The third-order valence-corrected chi connectivity index (χ3v) is 6.06.